The number of aromatic nitrogens is 3. The van der Waals surface area contributed by atoms with Crippen molar-refractivity contribution in [2.45, 2.75) is 26.4 Å². The van der Waals surface area contributed by atoms with E-state index in [9.17, 15) is 5.11 Å². The standard InChI is InChI=1S/C12H15N3O/c1-9-8-13-15(14-9)11-6-4-10(5-7-11)12(2,3)16/h4-8,16H,1-3H3. The van der Waals surface area contributed by atoms with Gasteiger partial charge in [0.05, 0.1) is 23.2 Å². The van der Waals surface area contributed by atoms with Crippen molar-refractivity contribution in [2.24, 2.45) is 0 Å². The number of nitrogens with zero attached hydrogens (tertiary/aromatic N) is 3. The zero-order valence-corrected chi connectivity index (χ0v) is 9.68. The summed E-state index contributed by atoms with van der Waals surface area (Å²) in [5.74, 6) is 0. The zero-order chi connectivity index (χ0) is 11.8. The molecule has 0 atom stereocenters. The number of rotatable bonds is 2. The third-order valence-electron chi connectivity index (χ3n) is 2.41. The van der Waals surface area contributed by atoms with E-state index < -0.39 is 5.60 Å². The van der Waals surface area contributed by atoms with Crippen LogP contribution in [0.25, 0.3) is 5.69 Å². The molecule has 1 aromatic heterocycles. The highest BCUT2D eigenvalue weighted by atomic mass is 16.3. The molecule has 84 valence electrons. The SMILES string of the molecule is Cc1cnn(-c2ccc(C(C)(C)O)cc2)n1. The van der Waals surface area contributed by atoms with Crippen molar-refractivity contribution < 1.29 is 5.11 Å². The van der Waals surface area contributed by atoms with Gasteiger partial charge in [0.15, 0.2) is 0 Å². The summed E-state index contributed by atoms with van der Waals surface area (Å²) in [5.41, 5.74) is 1.83. The fourth-order valence-corrected chi connectivity index (χ4v) is 1.47. The van der Waals surface area contributed by atoms with Gasteiger partial charge >= 0.3 is 0 Å². The van der Waals surface area contributed by atoms with E-state index in [1.165, 1.54) is 0 Å². The van der Waals surface area contributed by atoms with Gasteiger partial charge in [-0.1, -0.05) is 12.1 Å². The molecule has 1 heterocycles. The summed E-state index contributed by atoms with van der Waals surface area (Å²) < 4.78 is 0. The van der Waals surface area contributed by atoms with Crippen molar-refractivity contribution in [3.05, 3.63) is 41.7 Å². The summed E-state index contributed by atoms with van der Waals surface area (Å²) >= 11 is 0. The first kappa shape index (κ1) is 10.8. The van der Waals surface area contributed by atoms with Gasteiger partial charge in [0.2, 0.25) is 0 Å². The van der Waals surface area contributed by atoms with Gasteiger partial charge in [-0.25, -0.2) is 0 Å². The Bertz CT molecular complexity index is 480. The van der Waals surface area contributed by atoms with E-state index in [4.69, 9.17) is 0 Å². The lowest BCUT2D eigenvalue weighted by Crippen LogP contribution is -2.15. The van der Waals surface area contributed by atoms with Gasteiger partial charge in [-0.15, -0.1) is 0 Å². The van der Waals surface area contributed by atoms with Crippen molar-refractivity contribution in [2.75, 3.05) is 0 Å². The van der Waals surface area contributed by atoms with Crippen molar-refractivity contribution in [1.29, 1.82) is 0 Å². The van der Waals surface area contributed by atoms with Crippen LogP contribution < -0.4 is 0 Å². The molecule has 0 unspecified atom stereocenters. The van der Waals surface area contributed by atoms with Crippen LogP contribution in [0, 0.1) is 6.92 Å². The third kappa shape index (κ3) is 2.12. The Kier molecular flexibility index (Phi) is 2.52. The molecule has 16 heavy (non-hydrogen) atoms. The average molecular weight is 217 g/mol. The molecule has 4 nitrogen and oxygen atoms in total. The fourth-order valence-electron chi connectivity index (χ4n) is 1.47. The maximum atomic E-state index is 9.82. The lowest BCUT2D eigenvalue weighted by molar-refractivity contribution is 0.0786. The van der Waals surface area contributed by atoms with Crippen LogP contribution in [0.15, 0.2) is 30.5 Å². The van der Waals surface area contributed by atoms with Crippen LogP contribution in [0.2, 0.25) is 0 Å². The normalized spacial score (nSPS) is 11.8. The predicted molar refractivity (Wildman–Crippen MR) is 61.3 cm³/mol. The highest BCUT2D eigenvalue weighted by Crippen LogP contribution is 2.20. The molecule has 0 amide bonds. The van der Waals surface area contributed by atoms with E-state index in [0.29, 0.717) is 0 Å². The van der Waals surface area contributed by atoms with Gasteiger partial charge in [-0.3, -0.25) is 0 Å². The second kappa shape index (κ2) is 3.72. The minimum Gasteiger partial charge on any atom is -0.386 e. The first-order valence-corrected chi connectivity index (χ1v) is 5.19. The van der Waals surface area contributed by atoms with E-state index in [1.807, 2.05) is 31.2 Å². The van der Waals surface area contributed by atoms with Crippen LogP contribution in [0.4, 0.5) is 0 Å². The summed E-state index contributed by atoms with van der Waals surface area (Å²) in [6.07, 6.45) is 1.71. The fraction of sp³-hybridized carbons (Fsp3) is 0.333. The Morgan fingerprint density at radius 3 is 2.25 bits per heavy atom. The molecule has 2 rings (SSSR count). The highest BCUT2D eigenvalue weighted by molar-refractivity contribution is 5.34. The molecule has 0 saturated heterocycles. The number of aliphatic hydroxyl groups is 1. The first-order chi connectivity index (χ1) is 7.47. The summed E-state index contributed by atoms with van der Waals surface area (Å²) in [4.78, 5) is 1.57. The van der Waals surface area contributed by atoms with Gasteiger partial charge < -0.3 is 5.11 Å². The summed E-state index contributed by atoms with van der Waals surface area (Å²) in [6.45, 7) is 5.42. The topological polar surface area (TPSA) is 50.9 Å². The van der Waals surface area contributed by atoms with Crippen LogP contribution in [0.1, 0.15) is 25.1 Å². The van der Waals surface area contributed by atoms with Crippen LogP contribution in [-0.4, -0.2) is 20.1 Å². The second-order valence-electron chi connectivity index (χ2n) is 4.38. The Morgan fingerprint density at radius 1 is 1.19 bits per heavy atom. The second-order valence-corrected chi connectivity index (χ2v) is 4.38. The molecule has 1 N–H and O–H groups in total. The molecular formula is C12H15N3O. The molecule has 0 aliphatic heterocycles. The van der Waals surface area contributed by atoms with Crippen LogP contribution in [-0.2, 0) is 5.60 Å². The van der Waals surface area contributed by atoms with E-state index in [0.717, 1.165) is 16.9 Å². The van der Waals surface area contributed by atoms with Gasteiger partial charge in [0.1, 0.15) is 0 Å². The molecule has 4 heteroatoms. The number of hydrogen-bond donors (Lipinski definition) is 1. The lowest BCUT2D eigenvalue weighted by atomic mass is 9.98. The molecule has 0 radical (unpaired) electrons. The Hall–Kier alpha value is -1.68. The Labute approximate surface area is 94.5 Å². The van der Waals surface area contributed by atoms with Crippen LogP contribution >= 0.6 is 0 Å². The summed E-state index contributed by atoms with van der Waals surface area (Å²) in [5, 5.41) is 18.2. The van der Waals surface area contributed by atoms with Crippen molar-refractivity contribution >= 4 is 0 Å². The van der Waals surface area contributed by atoms with Crippen LogP contribution in [0.5, 0.6) is 0 Å². The number of aryl methyl sites for hydroxylation is 1. The molecule has 0 aliphatic rings. The minimum absolute atomic E-state index is 0.814. The maximum Gasteiger partial charge on any atom is 0.0856 e. The van der Waals surface area contributed by atoms with Crippen molar-refractivity contribution in [1.82, 2.24) is 15.0 Å². The lowest BCUT2D eigenvalue weighted by Gasteiger charge is -2.17. The minimum atomic E-state index is -0.814. The molecule has 0 bridgehead atoms. The largest absolute Gasteiger partial charge is 0.386 e. The third-order valence-corrected chi connectivity index (χ3v) is 2.41. The Balaban J connectivity index is 2.33. The molecule has 0 spiro atoms. The number of hydrogen-bond acceptors (Lipinski definition) is 3. The molecule has 1 aromatic carbocycles. The van der Waals surface area contributed by atoms with Crippen molar-refractivity contribution in [3.63, 3.8) is 0 Å². The zero-order valence-electron chi connectivity index (χ0n) is 9.68. The molecule has 0 saturated carbocycles. The average Bonchev–Trinajstić information content (AvgIpc) is 2.64. The molecule has 2 aromatic rings. The molecule has 0 fully saturated rings. The van der Waals surface area contributed by atoms with Crippen molar-refractivity contribution in [3.8, 4) is 5.69 Å². The maximum absolute atomic E-state index is 9.82. The number of benzene rings is 1. The summed E-state index contributed by atoms with van der Waals surface area (Å²) in [7, 11) is 0. The van der Waals surface area contributed by atoms with Gasteiger partial charge in [-0.2, -0.15) is 15.0 Å². The van der Waals surface area contributed by atoms with Gasteiger partial charge in [0, 0.05) is 0 Å². The Morgan fingerprint density at radius 2 is 1.81 bits per heavy atom. The van der Waals surface area contributed by atoms with E-state index in [2.05, 4.69) is 10.2 Å². The summed E-state index contributed by atoms with van der Waals surface area (Å²) in [6, 6.07) is 7.56. The smallest absolute Gasteiger partial charge is 0.0856 e. The van der Waals surface area contributed by atoms with E-state index in [1.54, 1.807) is 24.8 Å². The van der Waals surface area contributed by atoms with Crippen LogP contribution in [0.3, 0.4) is 0 Å². The monoisotopic (exact) mass is 217 g/mol. The predicted octanol–water partition coefficient (Wildman–Crippen LogP) is 1.80. The quantitative estimate of drug-likeness (QED) is 0.834. The molecule has 0 aliphatic carbocycles. The highest BCUT2D eigenvalue weighted by Gasteiger charge is 2.15. The molecular weight excluding hydrogens is 202 g/mol. The first-order valence-electron chi connectivity index (χ1n) is 5.19. The van der Waals surface area contributed by atoms with E-state index in [-0.39, 0.29) is 0 Å². The van der Waals surface area contributed by atoms with Gasteiger partial charge in [0.25, 0.3) is 0 Å². The van der Waals surface area contributed by atoms with Gasteiger partial charge in [-0.05, 0) is 38.5 Å². The van der Waals surface area contributed by atoms with E-state index >= 15 is 0 Å².